The van der Waals surface area contributed by atoms with E-state index in [1.807, 2.05) is 6.92 Å². The standard InChI is InChI=1S/C8H11N5O/c1-6-7(11-4-10-6)2-9-3-8-12-5-14-13-8/h4-5,9H,2-3H2,1H3,(H,10,11). The number of aromatic amines is 1. The summed E-state index contributed by atoms with van der Waals surface area (Å²) in [6, 6.07) is 0. The maximum Gasteiger partial charge on any atom is 0.213 e. The average molecular weight is 193 g/mol. The van der Waals surface area contributed by atoms with Crippen LogP contribution in [0.15, 0.2) is 17.2 Å². The van der Waals surface area contributed by atoms with Gasteiger partial charge in [-0.25, -0.2) is 4.98 Å². The minimum atomic E-state index is 0.586. The molecule has 0 saturated heterocycles. The molecule has 2 aromatic rings. The molecule has 2 heterocycles. The minimum Gasteiger partial charge on any atom is -0.348 e. The van der Waals surface area contributed by atoms with Gasteiger partial charge in [-0.3, -0.25) is 0 Å². The SMILES string of the molecule is Cc1[nH]cnc1CNCc1ncon1. The van der Waals surface area contributed by atoms with Crippen LogP contribution in [-0.2, 0) is 13.1 Å². The summed E-state index contributed by atoms with van der Waals surface area (Å²) in [5.74, 6) is 0.651. The first-order valence-corrected chi connectivity index (χ1v) is 4.31. The van der Waals surface area contributed by atoms with Gasteiger partial charge >= 0.3 is 0 Å². The van der Waals surface area contributed by atoms with Gasteiger partial charge in [-0.05, 0) is 6.92 Å². The van der Waals surface area contributed by atoms with Crippen molar-refractivity contribution in [2.24, 2.45) is 0 Å². The quantitative estimate of drug-likeness (QED) is 0.734. The highest BCUT2D eigenvalue weighted by Gasteiger charge is 2.01. The van der Waals surface area contributed by atoms with Crippen molar-refractivity contribution in [1.82, 2.24) is 25.4 Å². The van der Waals surface area contributed by atoms with Crippen molar-refractivity contribution in [2.75, 3.05) is 0 Å². The van der Waals surface area contributed by atoms with Gasteiger partial charge in [-0.1, -0.05) is 5.16 Å². The lowest BCUT2D eigenvalue weighted by Gasteiger charge is -1.99. The van der Waals surface area contributed by atoms with Gasteiger partial charge in [0.25, 0.3) is 0 Å². The Bertz CT molecular complexity index is 380. The normalized spacial score (nSPS) is 10.6. The molecule has 0 aliphatic carbocycles. The first kappa shape index (κ1) is 8.89. The summed E-state index contributed by atoms with van der Waals surface area (Å²) in [6.45, 7) is 3.27. The number of aromatic nitrogens is 4. The van der Waals surface area contributed by atoms with Crippen molar-refractivity contribution < 1.29 is 4.52 Å². The second-order valence-corrected chi connectivity index (χ2v) is 2.93. The molecule has 2 N–H and O–H groups in total. The molecule has 0 amide bonds. The van der Waals surface area contributed by atoms with Gasteiger partial charge in [0.1, 0.15) is 0 Å². The van der Waals surface area contributed by atoms with Gasteiger partial charge < -0.3 is 14.8 Å². The van der Waals surface area contributed by atoms with Gasteiger partial charge in [-0.15, -0.1) is 0 Å². The molecule has 0 unspecified atom stereocenters. The molecule has 0 aromatic carbocycles. The van der Waals surface area contributed by atoms with Gasteiger partial charge in [0.2, 0.25) is 6.39 Å². The Morgan fingerprint density at radius 3 is 3.00 bits per heavy atom. The third-order valence-electron chi connectivity index (χ3n) is 1.92. The molecule has 0 aliphatic rings. The third kappa shape index (κ3) is 1.97. The molecule has 6 nitrogen and oxygen atoms in total. The molecule has 0 radical (unpaired) electrons. The van der Waals surface area contributed by atoms with Gasteiger partial charge in [0.05, 0.1) is 18.6 Å². The zero-order chi connectivity index (χ0) is 9.80. The van der Waals surface area contributed by atoms with Gasteiger partial charge in [0.15, 0.2) is 5.82 Å². The van der Waals surface area contributed by atoms with Crippen molar-refractivity contribution in [2.45, 2.75) is 20.0 Å². The van der Waals surface area contributed by atoms with Crippen molar-refractivity contribution in [3.05, 3.63) is 29.9 Å². The number of aryl methyl sites for hydroxylation is 1. The summed E-state index contributed by atoms with van der Waals surface area (Å²) < 4.78 is 4.60. The van der Waals surface area contributed by atoms with Crippen molar-refractivity contribution in [3.63, 3.8) is 0 Å². The van der Waals surface area contributed by atoms with Crippen molar-refractivity contribution in [1.29, 1.82) is 0 Å². The topological polar surface area (TPSA) is 79.6 Å². The summed E-state index contributed by atoms with van der Waals surface area (Å²) in [5.41, 5.74) is 2.08. The molecule has 0 fully saturated rings. The minimum absolute atomic E-state index is 0.586. The fraction of sp³-hybridized carbons (Fsp3) is 0.375. The predicted octanol–water partition coefficient (Wildman–Crippen LogP) is 0.391. The Kier molecular flexibility index (Phi) is 2.55. The largest absolute Gasteiger partial charge is 0.348 e. The molecule has 14 heavy (non-hydrogen) atoms. The molecular weight excluding hydrogens is 182 g/mol. The Hall–Kier alpha value is -1.69. The molecule has 6 heteroatoms. The van der Waals surface area contributed by atoms with Crippen LogP contribution in [0.4, 0.5) is 0 Å². The van der Waals surface area contributed by atoms with Crippen LogP contribution in [0.5, 0.6) is 0 Å². The lowest BCUT2D eigenvalue weighted by Crippen LogP contribution is -2.14. The smallest absolute Gasteiger partial charge is 0.213 e. The highest BCUT2D eigenvalue weighted by Crippen LogP contribution is 1.99. The van der Waals surface area contributed by atoms with E-state index in [1.54, 1.807) is 6.33 Å². The van der Waals surface area contributed by atoms with Crippen LogP contribution in [0.1, 0.15) is 17.2 Å². The van der Waals surface area contributed by atoms with E-state index in [1.165, 1.54) is 6.39 Å². The van der Waals surface area contributed by atoms with E-state index >= 15 is 0 Å². The van der Waals surface area contributed by atoms with Crippen LogP contribution in [0, 0.1) is 6.92 Å². The molecule has 0 saturated carbocycles. The fourth-order valence-electron chi connectivity index (χ4n) is 1.13. The second-order valence-electron chi connectivity index (χ2n) is 2.93. The highest BCUT2D eigenvalue weighted by atomic mass is 16.5. The zero-order valence-corrected chi connectivity index (χ0v) is 7.82. The fourth-order valence-corrected chi connectivity index (χ4v) is 1.13. The Morgan fingerprint density at radius 1 is 1.43 bits per heavy atom. The van der Waals surface area contributed by atoms with Gasteiger partial charge in [-0.2, -0.15) is 4.98 Å². The molecule has 0 spiro atoms. The Labute approximate surface area is 80.7 Å². The van der Waals surface area contributed by atoms with E-state index in [2.05, 4.69) is 29.9 Å². The number of imidazole rings is 1. The van der Waals surface area contributed by atoms with Crippen LogP contribution in [-0.4, -0.2) is 20.1 Å². The van der Waals surface area contributed by atoms with E-state index in [0.29, 0.717) is 18.9 Å². The highest BCUT2D eigenvalue weighted by molar-refractivity contribution is 5.07. The van der Waals surface area contributed by atoms with E-state index in [9.17, 15) is 0 Å². The number of nitrogens with one attached hydrogen (secondary N) is 2. The number of hydrogen-bond donors (Lipinski definition) is 2. The van der Waals surface area contributed by atoms with Crippen LogP contribution in [0.3, 0.4) is 0 Å². The summed E-state index contributed by atoms with van der Waals surface area (Å²) >= 11 is 0. The van der Waals surface area contributed by atoms with Crippen molar-refractivity contribution in [3.8, 4) is 0 Å². The molecule has 2 rings (SSSR count). The molecular formula is C8H11N5O. The predicted molar refractivity (Wildman–Crippen MR) is 48.2 cm³/mol. The van der Waals surface area contributed by atoms with Crippen LogP contribution in [0.25, 0.3) is 0 Å². The van der Waals surface area contributed by atoms with E-state index in [0.717, 1.165) is 11.4 Å². The molecule has 74 valence electrons. The van der Waals surface area contributed by atoms with Crippen molar-refractivity contribution >= 4 is 0 Å². The summed E-state index contributed by atoms with van der Waals surface area (Å²) in [4.78, 5) is 11.1. The van der Waals surface area contributed by atoms with Gasteiger partial charge in [0, 0.05) is 12.2 Å². The summed E-state index contributed by atoms with van der Waals surface area (Å²) in [7, 11) is 0. The Balaban J connectivity index is 1.81. The first-order valence-electron chi connectivity index (χ1n) is 4.31. The maximum absolute atomic E-state index is 4.60. The lowest BCUT2D eigenvalue weighted by molar-refractivity contribution is 0.407. The third-order valence-corrected chi connectivity index (χ3v) is 1.92. The summed E-state index contributed by atoms with van der Waals surface area (Å²) in [5, 5.41) is 6.84. The molecule has 0 aliphatic heterocycles. The Morgan fingerprint density at radius 2 is 2.36 bits per heavy atom. The maximum atomic E-state index is 4.60. The molecule has 0 atom stereocenters. The van der Waals surface area contributed by atoms with Crippen LogP contribution < -0.4 is 5.32 Å². The number of hydrogen-bond acceptors (Lipinski definition) is 5. The van der Waals surface area contributed by atoms with Crippen LogP contribution >= 0.6 is 0 Å². The number of rotatable bonds is 4. The number of H-pyrrole nitrogens is 1. The number of nitrogens with zero attached hydrogens (tertiary/aromatic N) is 3. The molecule has 0 bridgehead atoms. The first-order chi connectivity index (χ1) is 6.86. The molecule has 2 aromatic heterocycles. The lowest BCUT2D eigenvalue weighted by atomic mass is 10.3. The zero-order valence-electron chi connectivity index (χ0n) is 7.82. The van der Waals surface area contributed by atoms with E-state index in [4.69, 9.17) is 0 Å². The van der Waals surface area contributed by atoms with Crippen LogP contribution in [0.2, 0.25) is 0 Å². The van der Waals surface area contributed by atoms with E-state index in [-0.39, 0.29) is 0 Å². The van der Waals surface area contributed by atoms with E-state index < -0.39 is 0 Å². The summed E-state index contributed by atoms with van der Waals surface area (Å²) in [6.07, 6.45) is 3.00. The second kappa shape index (κ2) is 4.01. The monoisotopic (exact) mass is 193 g/mol. The average Bonchev–Trinajstić information content (AvgIpc) is 2.78.